The Morgan fingerprint density at radius 3 is 2.93 bits per heavy atom. The number of hydrogen-bond acceptors (Lipinski definition) is 4. The number of nitrogens with two attached hydrogens (primary N) is 1. The molecular weight excluding hydrogens is 176 g/mol. The Morgan fingerprint density at radius 1 is 1.43 bits per heavy atom. The number of nitrogens with one attached hydrogen (secondary N) is 1. The van der Waals surface area contributed by atoms with Crippen molar-refractivity contribution in [1.29, 1.82) is 5.26 Å². The number of nitrogens with zero attached hydrogens (tertiary/aromatic N) is 2. The lowest BCUT2D eigenvalue weighted by molar-refractivity contribution is 1.19. The van der Waals surface area contributed by atoms with Gasteiger partial charge in [-0.3, -0.25) is 0 Å². The highest BCUT2D eigenvalue weighted by Crippen LogP contribution is 2.32. The summed E-state index contributed by atoms with van der Waals surface area (Å²) in [6.45, 7) is 0. The molecule has 0 spiro atoms. The van der Waals surface area contributed by atoms with Crippen LogP contribution in [0.15, 0.2) is 29.4 Å². The number of hydrogen-bond donors (Lipinski definition) is 2. The minimum atomic E-state index is -0.403. The van der Waals surface area contributed by atoms with Crippen LogP contribution in [-0.4, -0.2) is 11.9 Å². The van der Waals surface area contributed by atoms with Crippen LogP contribution in [0.25, 0.3) is 5.57 Å². The molecule has 0 amide bonds. The summed E-state index contributed by atoms with van der Waals surface area (Å²) in [5.41, 5.74) is 2.56. The van der Waals surface area contributed by atoms with Crippen LogP contribution in [0.4, 0.5) is 5.69 Å². The molecule has 4 heteroatoms. The van der Waals surface area contributed by atoms with Crippen molar-refractivity contribution < 1.29 is 0 Å². The first kappa shape index (κ1) is 8.36. The van der Waals surface area contributed by atoms with E-state index >= 15 is 0 Å². The summed E-state index contributed by atoms with van der Waals surface area (Å²) in [4.78, 5) is 0. The number of nitriles is 1. The van der Waals surface area contributed by atoms with Crippen LogP contribution in [0.1, 0.15) is 5.56 Å². The van der Waals surface area contributed by atoms with E-state index in [0.717, 1.165) is 11.3 Å². The van der Waals surface area contributed by atoms with Gasteiger partial charge in [-0.2, -0.15) is 5.26 Å². The minimum absolute atomic E-state index is 0.403. The second-order valence-electron chi connectivity index (χ2n) is 2.91. The van der Waals surface area contributed by atoms with Crippen LogP contribution in [0.2, 0.25) is 0 Å². The third-order valence-electron chi connectivity index (χ3n) is 2.12. The SMILES string of the molecule is N#CC1Nc2ccccc2C1=C=NN. The van der Waals surface area contributed by atoms with Gasteiger partial charge in [0.05, 0.1) is 11.6 Å². The Hall–Kier alpha value is -2.24. The average Bonchev–Trinajstić information content (AvgIpc) is 2.58. The highest BCUT2D eigenvalue weighted by molar-refractivity contribution is 6.02. The molecular formula is C10H8N4. The Morgan fingerprint density at radius 2 is 2.21 bits per heavy atom. The fourth-order valence-electron chi connectivity index (χ4n) is 1.52. The summed E-state index contributed by atoms with van der Waals surface area (Å²) >= 11 is 0. The van der Waals surface area contributed by atoms with Gasteiger partial charge in [0, 0.05) is 17.1 Å². The highest BCUT2D eigenvalue weighted by atomic mass is 15.1. The summed E-state index contributed by atoms with van der Waals surface area (Å²) in [5.74, 6) is 7.67. The van der Waals surface area contributed by atoms with Gasteiger partial charge in [0.2, 0.25) is 0 Å². The van der Waals surface area contributed by atoms with Crippen molar-refractivity contribution in [3.05, 3.63) is 29.8 Å². The molecule has 0 saturated heterocycles. The lowest BCUT2D eigenvalue weighted by Gasteiger charge is -1.98. The van der Waals surface area contributed by atoms with Gasteiger partial charge in [0.15, 0.2) is 0 Å². The van der Waals surface area contributed by atoms with Gasteiger partial charge in [-0.15, -0.1) is 5.10 Å². The summed E-state index contributed by atoms with van der Waals surface area (Å²) in [6, 6.07) is 9.34. The summed E-state index contributed by atoms with van der Waals surface area (Å²) in [5, 5.41) is 15.3. The van der Waals surface area contributed by atoms with E-state index < -0.39 is 6.04 Å². The molecule has 1 unspecified atom stereocenters. The largest absolute Gasteiger partial charge is 0.365 e. The Bertz CT molecular complexity index is 463. The molecule has 3 N–H and O–H groups in total. The maximum Gasteiger partial charge on any atom is 0.149 e. The third kappa shape index (κ3) is 1.13. The van der Waals surface area contributed by atoms with Crippen molar-refractivity contribution in [2.75, 3.05) is 5.32 Å². The maximum absolute atomic E-state index is 8.88. The second kappa shape index (κ2) is 3.25. The van der Waals surface area contributed by atoms with E-state index in [1.807, 2.05) is 24.3 Å². The van der Waals surface area contributed by atoms with Gasteiger partial charge in [-0.05, 0) is 6.07 Å². The highest BCUT2D eigenvalue weighted by Gasteiger charge is 2.25. The molecule has 1 atom stereocenters. The van der Waals surface area contributed by atoms with Gasteiger partial charge in [-0.1, -0.05) is 18.2 Å². The van der Waals surface area contributed by atoms with Gasteiger partial charge < -0.3 is 11.2 Å². The van der Waals surface area contributed by atoms with Gasteiger partial charge in [0.25, 0.3) is 0 Å². The fraction of sp³-hybridized carbons (Fsp3) is 0.100. The van der Waals surface area contributed by atoms with Crippen LogP contribution >= 0.6 is 0 Å². The molecule has 0 bridgehead atoms. The monoisotopic (exact) mass is 184 g/mol. The molecule has 0 radical (unpaired) electrons. The van der Waals surface area contributed by atoms with Gasteiger partial charge >= 0.3 is 0 Å². The molecule has 68 valence electrons. The van der Waals surface area contributed by atoms with E-state index in [-0.39, 0.29) is 0 Å². The van der Waals surface area contributed by atoms with Crippen molar-refractivity contribution in [3.8, 4) is 6.07 Å². The number of anilines is 1. The van der Waals surface area contributed by atoms with E-state index in [9.17, 15) is 0 Å². The molecule has 0 aromatic heterocycles. The second-order valence-corrected chi connectivity index (χ2v) is 2.91. The molecule has 1 aromatic carbocycles. The minimum Gasteiger partial charge on any atom is -0.365 e. The predicted octanol–water partition coefficient (Wildman–Crippen LogP) is 0.931. The Balaban J connectivity index is 2.60. The van der Waals surface area contributed by atoms with E-state index in [0.29, 0.717) is 5.57 Å². The molecule has 0 saturated carbocycles. The first-order valence-corrected chi connectivity index (χ1v) is 4.15. The zero-order chi connectivity index (χ0) is 9.97. The standard InChI is InChI=1S/C10H8N4/c11-5-10-8(6-13-12)7-3-1-2-4-9(7)14-10/h1-4,10,14H,12H2. The maximum atomic E-state index is 8.88. The molecule has 1 aliphatic rings. The van der Waals surface area contributed by atoms with Crippen LogP contribution < -0.4 is 11.2 Å². The van der Waals surface area contributed by atoms with E-state index in [4.69, 9.17) is 11.1 Å². The topological polar surface area (TPSA) is 74.2 Å². The first-order valence-electron chi connectivity index (χ1n) is 4.15. The van der Waals surface area contributed by atoms with Crippen molar-refractivity contribution in [2.45, 2.75) is 6.04 Å². The zero-order valence-corrected chi connectivity index (χ0v) is 7.36. The predicted molar refractivity (Wildman–Crippen MR) is 54.5 cm³/mol. The molecule has 1 aromatic rings. The summed E-state index contributed by atoms with van der Waals surface area (Å²) in [6.07, 6.45) is 0. The number of hydrazone groups is 1. The lowest BCUT2D eigenvalue weighted by atomic mass is 10.1. The lowest BCUT2D eigenvalue weighted by Crippen LogP contribution is -2.11. The van der Waals surface area contributed by atoms with Crippen LogP contribution in [0.3, 0.4) is 0 Å². The number of para-hydroxylation sites is 1. The van der Waals surface area contributed by atoms with E-state index in [2.05, 4.69) is 22.4 Å². The van der Waals surface area contributed by atoms with Crippen molar-refractivity contribution >= 4 is 17.1 Å². The van der Waals surface area contributed by atoms with Crippen molar-refractivity contribution in [3.63, 3.8) is 0 Å². The molecule has 14 heavy (non-hydrogen) atoms. The normalized spacial score (nSPS) is 17.6. The van der Waals surface area contributed by atoms with Crippen LogP contribution in [-0.2, 0) is 0 Å². The smallest absolute Gasteiger partial charge is 0.149 e. The van der Waals surface area contributed by atoms with Gasteiger partial charge in [0.1, 0.15) is 6.04 Å². The number of benzene rings is 1. The summed E-state index contributed by atoms with van der Waals surface area (Å²) in [7, 11) is 0. The van der Waals surface area contributed by atoms with Gasteiger partial charge in [-0.25, -0.2) is 0 Å². The third-order valence-corrected chi connectivity index (χ3v) is 2.12. The molecule has 0 aliphatic carbocycles. The van der Waals surface area contributed by atoms with E-state index in [1.165, 1.54) is 0 Å². The molecule has 1 heterocycles. The fourth-order valence-corrected chi connectivity index (χ4v) is 1.52. The molecule has 2 rings (SSSR count). The number of fused-ring (bicyclic) bond motifs is 1. The quantitative estimate of drug-likeness (QED) is 0.358. The van der Waals surface area contributed by atoms with Crippen LogP contribution in [0, 0.1) is 11.3 Å². The average molecular weight is 184 g/mol. The summed E-state index contributed by atoms with van der Waals surface area (Å²) < 4.78 is 0. The Labute approximate surface area is 81.3 Å². The molecule has 4 nitrogen and oxygen atoms in total. The van der Waals surface area contributed by atoms with Crippen LogP contribution in [0.5, 0.6) is 0 Å². The zero-order valence-electron chi connectivity index (χ0n) is 7.36. The first-order chi connectivity index (χ1) is 6.86. The number of rotatable bonds is 0. The van der Waals surface area contributed by atoms with Crippen molar-refractivity contribution in [1.82, 2.24) is 0 Å². The van der Waals surface area contributed by atoms with Crippen molar-refractivity contribution in [2.24, 2.45) is 10.9 Å². The van der Waals surface area contributed by atoms with E-state index in [1.54, 1.807) is 0 Å². The molecule has 0 fully saturated rings. The Kier molecular flexibility index (Phi) is 1.94. The molecule has 1 aliphatic heterocycles.